The van der Waals surface area contributed by atoms with Crippen molar-refractivity contribution >= 4 is 49.4 Å². The predicted octanol–water partition coefficient (Wildman–Crippen LogP) is 3.96. The van der Waals surface area contributed by atoms with Crippen molar-refractivity contribution in [3.8, 4) is 0 Å². The van der Waals surface area contributed by atoms with Crippen molar-refractivity contribution < 1.29 is 4.79 Å². The van der Waals surface area contributed by atoms with Crippen molar-refractivity contribution in [2.45, 2.75) is 6.42 Å². The Hall–Kier alpha value is -0.0600. The SMILES string of the molecule is O=C(c1cccc(Br)c1Cl)N1CCC(CBr)C1. The van der Waals surface area contributed by atoms with E-state index in [4.69, 9.17) is 11.6 Å². The predicted molar refractivity (Wildman–Crippen MR) is 77.0 cm³/mol. The molecule has 17 heavy (non-hydrogen) atoms. The Morgan fingerprint density at radius 2 is 2.29 bits per heavy atom. The molecule has 0 aliphatic carbocycles. The fourth-order valence-electron chi connectivity index (χ4n) is 1.98. The van der Waals surface area contributed by atoms with Gasteiger partial charge in [0, 0.05) is 22.9 Å². The standard InChI is InChI=1S/C12H12Br2ClNO/c13-6-8-4-5-16(7-8)12(17)9-2-1-3-10(14)11(9)15/h1-3,8H,4-7H2. The first-order chi connectivity index (χ1) is 8.13. The number of hydrogen-bond acceptors (Lipinski definition) is 1. The van der Waals surface area contributed by atoms with Crippen LogP contribution in [-0.2, 0) is 0 Å². The number of hydrogen-bond donors (Lipinski definition) is 0. The molecule has 0 radical (unpaired) electrons. The smallest absolute Gasteiger partial charge is 0.255 e. The zero-order valence-corrected chi connectivity index (χ0v) is 13.1. The highest BCUT2D eigenvalue weighted by Crippen LogP contribution is 2.28. The minimum absolute atomic E-state index is 0.0275. The maximum Gasteiger partial charge on any atom is 0.255 e. The van der Waals surface area contributed by atoms with E-state index in [1.807, 2.05) is 17.0 Å². The van der Waals surface area contributed by atoms with E-state index in [0.29, 0.717) is 16.5 Å². The highest BCUT2D eigenvalue weighted by atomic mass is 79.9. The largest absolute Gasteiger partial charge is 0.338 e. The Balaban J connectivity index is 2.18. The second-order valence-corrected chi connectivity index (χ2v) is 6.04. The van der Waals surface area contributed by atoms with Gasteiger partial charge in [0.25, 0.3) is 5.91 Å². The molecule has 1 aromatic carbocycles. The van der Waals surface area contributed by atoms with Crippen molar-refractivity contribution in [1.29, 1.82) is 0 Å². The third-order valence-electron chi connectivity index (χ3n) is 2.97. The van der Waals surface area contributed by atoms with Crippen LogP contribution in [0, 0.1) is 5.92 Å². The normalized spacial score (nSPS) is 19.7. The Bertz CT molecular complexity index is 439. The number of halogens is 3. The molecule has 0 bridgehead atoms. The molecule has 2 rings (SSSR count). The van der Waals surface area contributed by atoms with Crippen molar-refractivity contribution in [3.05, 3.63) is 33.3 Å². The number of rotatable bonds is 2. The lowest BCUT2D eigenvalue weighted by Gasteiger charge is -2.17. The van der Waals surface area contributed by atoms with Gasteiger partial charge >= 0.3 is 0 Å². The first kappa shape index (κ1) is 13.4. The molecule has 1 aliphatic heterocycles. The van der Waals surface area contributed by atoms with Gasteiger partial charge in [-0.3, -0.25) is 4.79 Å². The maximum absolute atomic E-state index is 12.3. The second-order valence-electron chi connectivity index (χ2n) is 4.16. The summed E-state index contributed by atoms with van der Waals surface area (Å²) in [7, 11) is 0. The Morgan fingerprint density at radius 1 is 1.53 bits per heavy atom. The van der Waals surface area contributed by atoms with E-state index >= 15 is 0 Å². The van der Waals surface area contributed by atoms with Crippen molar-refractivity contribution in [2.75, 3.05) is 18.4 Å². The minimum atomic E-state index is 0.0275. The van der Waals surface area contributed by atoms with Crippen LogP contribution in [-0.4, -0.2) is 29.2 Å². The highest BCUT2D eigenvalue weighted by molar-refractivity contribution is 9.10. The zero-order chi connectivity index (χ0) is 12.4. The molecule has 0 spiro atoms. The van der Waals surface area contributed by atoms with Crippen LogP contribution in [0.2, 0.25) is 5.02 Å². The molecule has 5 heteroatoms. The molecule has 1 fully saturated rings. The molecule has 92 valence electrons. The van der Waals surface area contributed by atoms with Gasteiger partial charge in [-0.15, -0.1) is 0 Å². The molecule has 1 saturated heterocycles. The van der Waals surface area contributed by atoms with E-state index in [1.54, 1.807) is 6.07 Å². The summed E-state index contributed by atoms with van der Waals surface area (Å²) < 4.78 is 0.765. The number of likely N-dealkylation sites (tertiary alicyclic amines) is 1. The minimum Gasteiger partial charge on any atom is -0.338 e. The third-order valence-corrected chi connectivity index (χ3v) is 5.19. The van der Waals surface area contributed by atoms with Gasteiger partial charge in [-0.05, 0) is 40.4 Å². The van der Waals surface area contributed by atoms with Gasteiger partial charge < -0.3 is 4.90 Å². The van der Waals surface area contributed by atoms with E-state index in [-0.39, 0.29) is 5.91 Å². The van der Waals surface area contributed by atoms with Crippen LogP contribution >= 0.6 is 43.5 Å². The molecule has 0 saturated carbocycles. The Labute approximate surface area is 123 Å². The average Bonchev–Trinajstić information content (AvgIpc) is 2.80. The number of benzene rings is 1. The number of carbonyl (C=O) groups is 1. The zero-order valence-electron chi connectivity index (χ0n) is 9.13. The maximum atomic E-state index is 12.3. The molecular weight excluding hydrogens is 369 g/mol. The average molecular weight is 381 g/mol. The molecule has 1 atom stereocenters. The fourth-order valence-corrected chi connectivity index (χ4v) is 3.08. The van der Waals surface area contributed by atoms with Gasteiger partial charge in [-0.2, -0.15) is 0 Å². The summed E-state index contributed by atoms with van der Waals surface area (Å²) in [5.41, 5.74) is 0.580. The van der Waals surface area contributed by atoms with Crippen LogP contribution in [0.5, 0.6) is 0 Å². The fraction of sp³-hybridized carbons (Fsp3) is 0.417. The number of amides is 1. The van der Waals surface area contributed by atoms with Crippen LogP contribution in [0.4, 0.5) is 0 Å². The van der Waals surface area contributed by atoms with Crippen LogP contribution < -0.4 is 0 Å². The van der Waals surface area contributed by atoms with Crippen LogP contribution in [0.15, 0.2) is 22.7 Å². The Kier molecular flexibility index (Phi) is 4.50. The van der Waals surface area contributed by atoms with E-state index in [9.17, 15) is 4.79 Å². The molecule has 1 heterocycles. The summed E-state index contributed by atoms with van der Waals surface area (Å²) in [4.78, 5) is 14.2. The van der Waals surface area contributed by atoms with E-state index < -0.39 is 0 Å². The van der Waals surface area contributed by atoms with Gasteiger partial charge in [-0.1, -0.05) is 33.6 Å². The lowest BCUT2D eigenvalue weighted by molar-refractivity contribution is 0.0788. The monoisotopic (exact) mass is 379 g/mol. The molecule has 1 unspecified atom stereocenters. The number of alkyl halides is 1. The number of nitrogens with zero attached hydrogens (tertiary/aromatic N) is 1. The van der Waals surface area contributed by atoms with E-state index in [0.717, 1.165) is 29.3 Å². The van der Waals surface area contributed by atoms with Gasteiger partial charge in [0.1, 0.15) is 0 Å². The second kappa shape index (κ2) is 5.72. The van der Waals surface area contributed by atoms with Crippen molar-refractivity contribution in [3.63, 3.8) is 0 Å². The van der Waals surface area contributed by atoms with Gasteiger partial charge in [0.2, 0.25) is 0 Å². The number of carbonyl (C=O) groups excluding carboxylic acids is 1. The van der Waals surface area contributed by atoms with Gasteiger partial charge in [0.15, 0.2) is 0 Å². The summed E-state index contributed by atoms with van der Waals surface area (Å²) in [6, 6.07) is 5.45. The lowest BCUT2D eigenvalue weighted by Crippen LogP contribution is -2.29. The first-order valence-electron chi connectivity index (χ1n) is 5.42. The van der Waals surface area contributed by atoms with Crippen molar-refractivity contribution in [1.82, 2.24) is 4.90 Å². The lowest BCUT2D eigenvalue weighted by atomic mass is 10.2. The molecule has 1 amide bonds. The first-order valence-corrected chi connectivity index (χ1v) is 7.72. The molecule has 1 aromatic rings. The topological polar surface area (TPSA) is 20.3 Å². The van der Waals surface area contributed by atoms with Gasteiger partial charge in [-0.25, -0.2) is 0 Å². The molecule has 0 aromatic heterocycles. The quantitative estimate of drug-likeness (QED) is 0.710. The highest BCUT2D eigenvalue weighted by Gasteiger charge is 2.27. The summed E-state index contributed by atoms with van der Waals surface area (Å²) in [6.45, 7) is 1.63. The molecule has 0 N–H and O–H groups in total. The Morgan fingerprint density at radius 3 is 2.94 bits per heavy atom. The summed E-state index contributed by atoms with van der Waals surface area (Å²) in [6.07, 6.45) is 1.06. The van der Waals surface area contributed by atoms with E-state index in [2.05, 4.69) is 31.9 Å². The van der Waals surface area contributed by atoms with Crippen LogP contribution in [0.3, 0.4) is 0 Å². The third kappa shape index (κ3) is 2.85. The molecule has 1 aliphatic rings. The summed E-state index contributed by atoms with van der Waals surface area (Å²) in [5.74, 6) is 0.588. The van der Waals surface area contributed by atoms with Crippen LogP contribution in [0.25, 0.3) is 0 Å². The summed E-state index contributed by atoms with van der Waals surface area (Å²) >= 11 is 12.9. The molecule has 2 nitrogen and oxygen atoms in total. The summed E-state index contributed by atoms with van der Waals surface area (Å²) in [5, 5.41) is 1.45. The van der Waals surface area contributed by atoms with Gasteiger partial charge in [0.05, 0.1) is 10.6 Å². The van der Waals surface area contributed by atoms with Crippen LogP contribution in [0.1, 0.15) is 16.8 Å². The molecular formula is C12H12Br2ClNO. The van der Waals surface area contributed by atoms with Crippen molar-refractivity contribution in [2.24, 2.45) is 5.92 Å². The van der Waals surface area contributed by atoms with E-state index in [1.165, 1.54) is 0 Å².